The van der Waals surface area contributed by atoms with Gasteiger partial charge < -0.3 is 15.8 Å². The molecule has 0 saturated heterocycles. The number of ether oxygens (including phenoxy) is 1. The van der Waals surface area contributed by atoms with Crippen molar-refractivity contribution in [1.82, 2.24) is 0 Å². The van der Waals surface area contributed by atoms with Crippen LogP contribution in [0.25, 0.3) is 0 Å². The number of benzene rings is 1. The summed E-state index contributed by atoms with van der Waals surface area (Å²) in [6.45, 7) is 0.789. The number of guanidine groups is 1. The van der Waals surface area contributed by atoms with E-state index in [4.69, 9.17) is 10.5 Å². The Kier molecular flexibility index (Phi) is 4.01. The summed E-state index contributed by atoms with van der Waals surface area (Å²) in [5.41, 5.74) is 6.77. The van der Waals surface area contributed by atoms with Crippen molar-refractivity contribution in [3.05, 3.63) is 24.3 Å². The summed E-state index contributed by atoms with van der Waals surface area (Å²) in [6.07, 6.45) is 4.61. The molecule has 0 amide bonds. The summed E-state index contributed by atoms with van der Waals surface area (Å²) in [4.78, 5) is 4.40. The highest BCUT2D eigenvalue weighted by Gasteiger charge is 2.41. The minimum atomic E-state index is 0.348. The van der Waals surface area contributed by atoms with Crippen LogP contribution in [-0.4, -0.2) is 30.6 Å². The van der Waals surface area contributed by atoms with Crippen LogP contribution in [-0.2, 0) is 0 Å². The zero-order valence-electron chi connectivity index (χ0n) is 10.8. The third kappa shape index (κ3) is 3.32. The van der Waals surface area contributed by atoms with Crippen LogP contribution in [0.15, 0.2) is 29.3 Å². The minimum Gasteiger partial charge on any atom is -0.497 e. The second-order valence-electron chi connectivity index (χ2n) is 4.45. The van der Waals surface area contributed by atoms with Gasteiger partial charge in [0.2, 0.25) is 0 Å². The molecule has 0 aromatic heterocycles. The fraction of sp³-hybridized carbons (Fsp3) is 0.462. The van der Waals surface area contributed by atoms with Crippen molar-refractivity contribution in [3.63, 3.8) is 0 Å². The molecule has 1 aliphatic carbocycles. The number of hydrogen-bond acceptors (Lipinski definition) is 3. The Balaban J connectivity index is 1.93. The summed E-state index contributed by atoms with van der Waals surface area (Å²) in [5.74, 6) is 1.26. The van der Waals surface area contributed by atoms with Crippen LogP contribution < -0.4 is 15.8 Å². The lowest BCUT2D eigenvalue weighted by atomic mass is 10.3. The lowest BCUT2D eigenvalue weighted by Gasteiger charge is -2.10. The number of aliphatic imine (C=N–C) groups is 1. The lowest BCUT2D eigenvalue weighted by molar-refractivity contribution is 0.415. The van der Waals surface area contributed by atoms with Gasteiger partial charge in [-0.2, -0.15) is 11.8 Å². The molecule has 0 unspecified atom stereocenters. The quantitative estimate of drug-likeness (QED) is 0.633. The summed E-state index contributed by atoms with van der Waals surface area (Å²) in [7, 11) is 1.64. The van der Waals surface area contributed by atoms with Gasteiger partial charge in [0, 0.05) is 16.5 Å². The average Bonchev–Trinajstić information content (AvgIpc) is 3.17. The van der Waals surface area contributed by atoms with Crippen molar-refractivity contribution in [2.24, 2.45) is 10.7 Å². The van der Waals surface area contributed by atoms with Crippen LogP contribution in [0.1, 0.15) is 12.8 Å². The standard InChI is InChI=1S/C13H19N3OS/c1-17-11-5-3-4-10(8-11)16-12(14)15-9-13(18-2)6-7-13/h3-5,8H,6-7,9H2,1-2H3,(H3,14,15,16). The van der Waals surface area contributed by atoms with Crippen LogP contribution >= 0.6 is 11.8 Å². The van der Waals surface area contributed by atoms with E-state index in [1.165, 1.54) is 12.8 Å². The molecule has 98 valence electrons. The molecule has 5 heteroatoms. The van der Waals surface area contributed by atoms with Crippen molar-refractivity contribution in [2.45, 2.75) is 17.6 Å². The Labute approximate surface area is 112 Å². The first-order valence-electron chi connectivity index (χ1n) is 5.94. The fourth-order valence-corrected chi connectivity index (χ4v) is 2.39. The van der Waals surface area contributed by atoms with Gasteiger partial charge >= 0.3 is 0 Å². The van der Waals surface area contributed by atoms with E-state index in [0.29, 0.717) is 10.7 Å². The monoisotopic (exact) mass is 265 g/mol. The van der Waals surface area contributed by atoms with Gasteiger partial charge in [0.1, 0.15) is 5.75 Å². The van der Waals surface area contributed by atoms with Crippen LogP contribution in [0, 0.1) is 0 Å². The van der Waals surface area contributed by atoms with Crippen LogP contribution in [0.2, 0.25) is 0 Å². The number of rotatable bonds is 5. The van der Waals surface area contributed by atoms with Crippen molar-refractivity contribution < 1.29 is 4.74 Å². The number of anilines is 1. The SMILES string of the molecule is COc1cccc(NC(N)=NCC2(SC)CC2)c1. The van der Waals surface area contributed by atoms with Gasteiger partial charge in [-0.15, -0.1) is 0 Å². The molecule has 0 aliphatic heterocycles. The van der Waals surface area contributed by atoms with Gasteiger partial charge in [0.15, 0.2) is 5.96 Å². The lowest BCUT2D eigenvalue weighted by Crippen LogP contribution is -2.24. The molecule has 0 radical (unpaired) electrons. The summed E-state index contributed by atoms with van der Waals surface area (Å²) in [6, 6.07) is 7.64. The normalized spacial score (nSPS) is 17.3. The average molecular weight is 265 g/mol. The number of methoxy groups -OCH3 is 1. The predicted molar refractivity (Wildman–Crippen MR) is 78.6 cm³/mol. The van der Waals surface area contributed by atoms with Crippen LogP contribution in [0.4, 0.5) is 5.69 Å². The maximum Gasteiger partial charge on any atom is 0.193 e. The molecule has 1 aromatic carbocycles. The first-order valence-corrected chi connectivity index (χ1v) is 7.16. The van der Waals surface area contributed by atoms with E-state index < -0.39 is 0 Å². The molecule has 3 N–H and O–H groups in total. The topological polar surface area (TPSA) is 59.6 Å². The van der Waals surface area contributed by atoms with E-state index >= 15 is 0 Å². The molecule has 18 heavy (non-hydrogen) atoms. The molecule has 0 spiro atoms. The molecule has 1 aliphatic rings. The maximum absolute atomic E-state index is 5.88. The van der Waals surface area contributed by atoms with Gasteiger partial charge in [0.25, 0.3) is 0 Å². The highest BCUT2D eigenvalue weighted by Crippen LogP contribution is 2.47. The number of thioether (sulfide) groups is 1. The zero-order valence-corrected chi connectivity index (χ0v) is 11.6. The summed E-state index contributed by atoms with van der Waals surface area (Å²) in [5, 5.41) is 3.08. The maximum atomic E-state index is 5.88. The van der Waals surface area contributed by atoms with Gasteiger partial charge in [-0.1, -0.05) is 6.07 Å². The van der Waals surface area contributed by atoms with E-state index in [9.17, 15) is 0 Å². The molecule has 1 saturated carbocycles. The van der Waals surface area contributed by atoms with E-state index in [1.807, 2.05) is 36.0 Å². The van der Waals surface area contributed by atoms with Crippen molar-refractivity contribution in [3.8, 4) is 5.75 Å². The Morgan fingerprint density at radius 2 is 2.33 bits per heavy atom. The largest absolute Gasteiger partial charge is 0.497 e. The molecule has 0 atom stereocenters. The summed E-state index contributed by atoms with van der Waals surface area (Å²) < 4.78 is 5.50. The Bertz CT molecular complexity index is 444. The van der Waals surface area contributed by atoms with Gasteiger partial charge in [-0.25, -0.2) is 0 Å². The number of hydrogen-bond donors (Lipinski definition) is 2. The Morgan fingerprint density at radius 1 is 1.56 bits per heavy atom. The first-order chi connectivity index (χ1) is 8.67. The van der Waals surface area contributed by atoms with Crippen LogP contribution in [0.3, 0.4) is 0 Å². The molecule has 0 heterocycles. The Morgan fingerprint density at radius 3 is 2.94 bits per heavy atom. The number of nitrogens with two attached hydrogens (primary N) is 1. The highest BCUT2D eigenvalue weighted by atomic mass is 32.2. The van der Waals surface area contributed by atoms with E-state index in [2.05, 4.69) is 16.6 Å². The third-order valence-electron chi connectivity index (χ3n) is 3.12. The Hall–Kier alpha value is -1.36. The fourth-order valence-electron chi connectivity index (χ4n) is 1.68. The molecule has 4 nitrogen and oxygen atoms in total. The first kappa shape index (κ1) is 13.1. The van der Waals surface area contributed by atoms with E-state index in [-0.39, 0.29) is 0 Å². The molecular formula is C13H19N3OS. The smallest absolute Gasteiger partial charge is 0.193 e. The zero-order chi connectivity index (χ0) is 13.0. The van der Waals surface area contributed by atoms with Gasteiger partial charge in [-0.05, 0) is 31.2 Å². The second kappa shape index (κ2) is 5.52. The van der Waals surface area contributed by atoms with E-state index in [0.717, 1.165) is 18.0 Å². The van der Waals surface area contributed by atoms with Crippen LogP contribution in [0.5, 0.6) is 5.75 Å². The third-order valence-corrected chi connectivity index (χ3v) is 4.52. The van der Waals surface area contributed by atoms with E-state index in [1.54, 1.807) is 7.11 Å². The van der Waals surface area contributed by atoms with Gasteiger partial charge in [0.05, 0.1) is 13.7 Å². The molecule has 2 rings (SSSR count). The van der Waals surface area contributed by atoms with Crippen molar-refractivity contribution >= 4 is 23.4 Å². The van der Waals surface area contributed by atoms with Crippen molar-refractivity contribution in [1.29, 1.82) is 0 Å². The van der Waals surface area contributed by atoms with Crippen molar-refractivity contribution in [2.75, 3.05) is 25.2 Å². The molecule has 0 bridgehead atoms. The van der Waals surface area contributed by atoms with Gasteiger partial charge in [-0.3, -0.25) is 4.99 Å². The number of nitrogens with one attached hydrogen (secondary N) is 1. The highest BCUT2D eigenvalue weighted by molar-refractivity contribution is 8.00. The minimum absolute atomic E-state index is 0.348. The molecular weight excluding hydrogens is 246 g/mol. The number of nitrogens with zero attached hydrogens (tertiary/aromatic N) is 1. The molecule has 1 fully saturated rings. The molecule has 1 aromatic rings. The second-order valence-corrected chi connectivity index (χ2v) is 5.72. The summed E-state index contributed by atoms with van der Waals surface area (Å²) >= 11 is 1.88. The predicted octanol–water partition coefficient (Wildman–Crippen LogP) is 2.32.